The third kappa shape index (κ3) is 3.64. The zero-order chi connectivity index (χ0) is 19.3. The number of nitrogens with two attached hydrogens (primary N) is 1. The fourth-order valence-corrected chi connectivity index (χ4v) is 2.77. The number of ether oxygens (including phenoxy) is 2. The highest BCUT2D eigenvalue weighted by molar-refractivity contribution is 9.10. The Morgan fingerprint density at radius 2 is 2.00 bits per heavy atom. The van der Waals surface area contributed by atoms with E-state index in [0.29, 0.717) is 21.5 Å². The summed E-state index contributed by atoms with van der Waals surface area (Å²) in [7, 11) is 3.03. The number of hydrogen-bond acceptors (Lipinski definition) is 7. The highest BCUT2D eigenvalue weighted by Gasteiger charge is 2.19. The molecule has 0 fully saturated rings. The minimum atomic E-state index is -0.191. The molecule has 2 rings (SSSR count). The minimum absolute atomic E-state index is 0.0860. The number of nitriles is 2. The molecule has 134 valence electrons. The molecular formula is C17H16BrN5O3. The highest BCUT2D eigenvalue weighted by Crippen LogP contribution is 2.35. The average molecular weight is 418 g/mol. The Hall–Kier alpha value is -3.01. The van der Waals surface area contributed by atoms with Gasteiger partial charge in [0.1, 0.15) is 29.2 Å². The second-order valence-corrected chi connectivity index (χ2v) is 5.92. The molecule has 1 heterocycles. The van der Waals surface area contributed by atoms with E-state index in [4.69, 9.17) is 20.3 Å². The lowest BCUT2D eigenvalue weighted by molar-refractivity contribution is 0.270. The van der Waals surface area contributed by atoms with E-state index in [1.807, 2.05) is 12.1 Å². The zero-order valence-corrected chi connectivity index (χ0v) is 15.7. The van der Waals surface area contributed by atoms with E-state index in [1.54, 1.807) is 18.2 Å². The van der Waals surface area contributed by atoms with E-state index < -0.39 is 0 Å². The van der Waals surface area contributed by atoms with Crippen molar-refractivity contribution in [1.82, 2.24) is 9.78 Å². The van der Waals surface area contributed by atoms with Crippen LogP contribution in [0, 0.1) is 22.7 Å². The minimum Gasteiger partial charge on any atom is -0.493 e. The monoisotopic (exact) mass is 417 g/mol. The number of aliphatic hydroxyl groups excluding tert-OH is 1. The van der Waals surface area contributed by atoms with Gasteiger partial charge < -0.3 is 20.3 Å². The van der Waals surface area contributed by atoms with Crippen LogP contribution in [0.2, 0.25) is 0 Å². The first-order valence-electron chi connectivity index (χ1n) is 7.41. The molecule has 0 aliphatic rings. The van der Waals surface area contributed by atoms with Crippen LogP contribution in [0.15, 0.2) is 16.6 Å². The van der Waals surface area contributed by atoms with Gasteiger partial charge in [-0.1, -0.05) is 15.9 Å². The summed E-state index contributed by atoms with van der Waals surface area (Å²) in [6.45, 7) is -0.0672. The van der Waals surface area contributed by atoms with Crippen molar-refractivity contribution in [2.24, 2.45) is 0 Å². The molecule has 0 amide bonds. The van der Waals surface area contributed by atoms with Crippen LogP contribution in [-0.2, 0) is 6.54 Å². The summed E-state index contributed by atoms with van der Waals surface area (Å²) in [6, 6.07) is 7.41. The lowest BCUT2D eigenvalue weighted by Gasteiger charge is -2.10. The number of nitrogen functional groups attached to an aromatic ring is 1. The molecule has 0 unspecified atom stereocenters. The van der Waals surface area contributed by atoms with E-state index in [1.165, 1.54) is 18.9 Å². The normalized spacial score (nSPS) is 10.9. The summed E-state index contributed by atoms with van der Waals surface area (Å²) in [4.78, 5) is 0. The lowest BCUT2D eigenvalue weighted by atomic mass is 10.1. The molecule has 8 nitrogen and oxygen atoms in total. The van der Waals surface area contributed by atoms with Crippen LogP contribution in [0.5, 0.6) is 11.5 Å². The Kier molecular flexibility index (Phi) is 6.23. The Bertz CT molecular complexity index is 937. The Balaban J connectivity index is 2.62. The summed E-state index contributed by atoms with van der Waals surface area (Å²) < 4.78 is 12.5. The Morgan fingerprint density at radius 1 is 1.35 bits per heavy atom. The van der Waals surface area contributed by atoms with Gasteiger partial charge in [0.15, 0.2) is 11.5 Å². The summed E-state index contributed by atoms with van der Waals surface area (Å²) >= 11 is 3.42. The summed E-state index contributed by atoms with van der Waals surface area (Å²) in [6.07, 6.45) is 1.57. The van der Waals surface area contributed by atoms with Crippen molar-refractivity contribution >= 4 is 33.4 Å². The number of halogens is 1. The van der Waals surface area contributed by atoms with Crippen molar-refractivity contribution in [2.45, 2.75) is 6.54 Å². The summed E-state index contributed by atoms with van der Waals surface area (Å²) in [5, 5.41) is 32.2. The van der Waals surface area contributed by atoms with Gasteiger partial charge in [-0.05, 0) is 23.8 Å². The highest BCUT2D eigenvalue weighted by atomic mass is 79.9. The summed E-state index contributed by atoms with van der Waals surface area (Å²) in [5.41, 5.74) is 6.91. The van der Waals surface area contributed by atoms with Crippen molar-refractivity contribution in [3.63, 3.8) is 0 Å². The number of aliphatic hydroxyl groups is 1. The van der Waals surface area contributed by atoms with Crippen molar-refractivity contribution in [3.8, 4) is 23.6 Å². The van der Waals surface area contributed by atoms with Crippen molar-refractivity contribution < 1.29 is 14.6 Å². The fraction of sp³-hybridized carbons (Fsp3) is 0.235. The molecule has 9 heteroatoms. The molecule has 0 aliphatic carbocycles. The molecule has 0 radical (unpaired) electrons. The van der Waals surface area contributed by atoms with Gasteiger partial charge in [-0.3, -0.25) is 0 Å². The molecule has 1 aromatic heterocycles. The molecule has 0 aliphatic heterocycles. The topological polar surface area (TPSA) is 130 Å². The molecule has 26 heavy (non-hydrogen) atoms. The predicted molar refractivity (Wildman–Crippen MR) is 99.2 cm³/mol. The van der Waals surface area contributed by atoms with Gasteiger partial charge >= 0.3 is 0 Å². The second-order valence-electron chi connectivity index (χ2n) is 5.07. The number of allylic oxidation sites excluding steroid dienone is 1. The summed E-state index contributed by atoms with van der Waals surface area (Å²) in [5.74, 6) is 1.12. The molecule has 2 aromatic rings. The van der Waals surface area contributed by atoms with E-state index in [9.17, 15) is 10.5 Å². The molecule has 0 atom stereocenters. The first kappa shape index (κ1) is 19.3. The Morgan fingerprint density at radius 3 is 2.54 bits per heavy atom. The van der Waals surface area contributed by atoms with Gasteiger partial charge in [-0.25, -0.2) is 4.68 Å². The van der Waals surface area contributed by atoms with E-state index >= 15 is 0 Å². The number of benzene rings is 1. The second kappa shape index (κ2) is 8.39. The van der Waals surface area contributed by atoms with Crippen LogP contribution in [0.1, 0.15) is 16.8 Å². The lowest BCUT2D eigenvalue weighted by Crippen LogP contribution is -2.07. The third-order valence-electron chi connectivity index (χ3n) is 3.59. The van der Waals surface area contributed by atoms with Crippen LogP contribution in [0.4, 0.5) is 5.82 Å². The number of methoxy groups -OCH3 is 2. The van der Waals surface area contributed by atoms with Gasteiger partial charge in [-0.2, -0.15) is 15.6 Å². The molecule has 0 saturated heterocycles. The number of aromatic nitrogens is 2. The molecule has 0 bridgehead atoms. The van der Waals surface area contributed by atoms with E-state index in [-0.39, 0.29) is 35.8 Å². The molecule has 3 N–H and O–H groups in total. The smallest absolute Gasteiger partial charge is 0.161 e. The molecule has 1 aromatic carbocycles. The average Bonchev–Trinajstić information content (AvgIpc) is 2.96. The van der Waals surface area contributed by atoms with Crippen molar-refractivity contribution in [2.75, 3.05) is 26.6 Å². The Labute approximate surface area is 158 Å². The first-order chi connectivity index (χ1) is 12.5. The van der Waals surface area contributed by atoms with Gasteiger partial charge in [0.25, 0.3) is 0 Å². The maximum atomic E-state index is 9.57. The van der Waals surface area contributed by atoms with Crippen LogP contribution < -0.4 is 15.2 Å². The zero-order valence-electron chi connectivity index (χ0n) is 14.2. The van der Waals surface area contributed by atoms with Gasteiger partial charge in [0.05, 0.1) is 32.9 Å². The van der Waals surface area contributed by atoms with Crippen LogP contribution in [-0.4, -0.2) is 35.7 Å². The predicted octanol–water partition coefficient (Wildman–Crippen LogP) is 2.17. The molecule has 0 spiro atoms. The van der Waals surface area contributed by atoms with Crippen LogP contribution >= 0.6 is 15.9 Å². The SMILES string of the molecule is COc1cc(Br)c(C=C(C#N)c2nn(CCO)c(N)c2C#N)cc1OC. The van der Waals surface area contributed by atoms with Crippen molar-refractivity contribution in [1.29, 1.82) is 10.5 Å². The van der Waals surface area contributed by atoms with Crippen molar-refractivity contribution in [3.05, 3.63) is 33.4 Å². The molecule has 0 saturated carbocycles. The maximum absolute atomic E-state index is 9.57. The number of nitrogens with zero attached hydrogens (tertiary/aromatic N) is 4. The van der Waals surface area contributed by atoms with E-state index in [2.05, 4.69) is 21.0 Å². The third-order valence-corrected chi connectivity index (χ3v) is 4.28. The number of anilines is 1. The maximum Gasteiger partial charge on any atom is 0.161 e. The van der Waals surface area contributed by atoms with E-state index in [0.717, 1.165) is 0 Å². The number of rotatable bonds is 6. The van der Waals surface area contributed by atoms with Gasteiger partial charge in [-0.15, -0.1) is 0 Å². The van der Waals surface area contributed by atoms with Gasteiger partial charge in [0.2, 0.25) is 0 Å². The van der Waals surface area contributed by atoms with Gasteiger partial charge in [0, 0.05) is 4.47 Å². The van der Waals surface area contributed by atoms with Crippen LogP contribution in [0.3, 0.4) is 0 Å². The molecular weight excluding hydrogens is 402 g/mol. The number of hydrogen-bond donors (Lipinski definition) is 2. The first-order valence-corrected chi connectivity index (χ1v) is 8.20. The quantitative estimate of drug-likeness (QED) is 0.688. The fourth-order valence-electron chi connectivity index (χ4n) is 2.33. The van der Waals surface area contributed by atoms with Crippen LogP contribution in [0.25, 0.3) is 11.6 Å². The standard InChI is InChI=1S/C17H16BrN5O3/c1-25-14-6-10(13(18)7-15(14)26-2)5-11(8-19)16-12(9-20)17(21)23(22-16)3-4-24/h5-7,24H,3-4,21H2,1-2H3. The largest absolute Gasteiger partial charge is 0.493 e.